The van der Waals surface area contributed by atoms with E-state index >= 15 is 0 Å². The topological polar surface area (TPSA) is 127 Å². The second kappa shape index (κ2) is 10.5. The Balaban J connectivity index is 1.35. The molecule has 4 aliphatic rings. The van der Waals surface area contributed by atoms with Gasteiger partial charge in [-0.3, -0.25) is 14.4 Å². The zero-order chi connectivity index (χ0) is 27.0. The van der Waals surface area contributed by atoms with Crippen LogP contribution in [0, 0.1) is 11.8 Å². The highest BCUT2D eigenvalue weighted by molar-refractivity contribution is 5.99. The predicted octanol–water partition coefficient (Wildman–Crippen LogP) is 1.42. The maximum Gasteiger partial charge on any atom is 0.312 e. The number of hydrogen-bond acceptors (Lipinski definition) is 8. The van der Waals surface area contributed by atoms with Gasteiger partial charge < -0.3 is 24.4 Å². The molecule has 0 bridgehead atoms. The van der Waals surface area contributed by atoms with Crippen molar-refractivity contribution in [3.63, 3.8) is 0 Å². The molecule has 5 atom stereocenters. The van der Waals surface area contributed by atoms with E-state index in [2.05, 4.69) is 10.3 Å². The number of carbonyl (C=O) groups excluding carboxylic acids is 3. The summed E-state index contributed by atoms with van der Waals surface area (Å²) in [5.41, 5.74) is 0.257. The molecular formula is C28H33N5O6. The second-order valence-electron chi connectivity index (χ2n) is 10.6. The first-order chi connectivity index (χ1) is 19.0. The molecule has 1 N–H and O–H groups in total. The van der Waals surface area contributed by atoms with E-state index in [-0.39, 0.29) is 31.7 Å². The first-order valence-electron chi connectivity index (χ1n) is 13.7. The van der Waals surface area contributed by atoms with Gasteiger partial charge in [0.2, 0.25) is 5.91 Å². The molecule has 2 amide bonds. The van der Waals surface area contributed by atoms with Gasteiger partial charge in [0.15, 0.2) is 0 Å². The van der Waals surface area contributed by atoms with Crippen LogP contribution in [0.1, 0.15) is 32.1 Å². The van der Waals surface area contributed by atoms with E-state index in [4.69, 9.17) is 14.6 Å². The van der Waals surface area contributed by atoms with Crippen molar-refractivity contribution in [1.29, 1.82) is 0 Å². The summed E-state index contributed by atoms with van der Waals surface area (Å²) in [6.07, 6.45) is 10.4. The van der Waals surface area contributed by atoms with Gasteiger partial charge in [0.25, 0.3) is 5.91 Å². The lowest BCUT2D eigenvalue weighted by Gasteiger charge is -2.35. The van der Waals surface area contributed by atoms with Crippen LogP contribution in [0.2, 0.25) is 0 Å². The summed E-state index contributed by atoms with van der Waals surface area (Å²) in [4.78, 5) is 44.8. The molecule has 5 heterocycles. The molecule has 1 aromatic heterocycles. The van der Waals surface area contributed by atoms with Crippen LogP contribution in [0.25, 0.3) is 11.0 Å². The molecule has 11 nitrogen and oxygen atoms in total. The van der Waals surface area contributed by atoms with E-state index in [1.54, 1.807) is 14.5 Å². The first kappa shape index (κ1) is 25.7. The van der Waals surface area contributed by atoms with Crippen LogP contribution in [-0.2, 0) is 30.5 Å². The van der Waals surface area contributed by atoms with Gasteiger partial charge in [-0.25, -0.2) is 4.68 Å². The number of nitrogens with zero attached hydrogens (tertiary/aromatic N) is 5. The highest BCUT2D eigenvalue weighted by Crippen LogP contribution is 2.53. The summed E-state index contributed by atoms with van der Waals surface area (Å²) in [5, 5.41) is 17.6. The minimum atomic E-state index is -1.28. The van der Waals surface area contributed by atoms with E-state index in [1.807, 2.05) is 48.6 Å². The second-order valence-corrected chi connectivity index (χ2v) is 10.6. The predicted molar refractivity (Wildman–Crippen MR) is 139 cm³/mol. The molecule has 0 radical (unpaired) electrons. The number of ether oxygens (including phenoxy) is 2. The Labute approximate surface area is 226 Å². The first-order valence-corrected chi connectivity index (χ1v) is 13.7. The molecule has 11 heteroatoms. The molecule has 2 unspecified atom stereocenters. The van der Waals surface area contributed by atoms with Crippen LogP contribution in [0.3, 0.4) is 0 Å². The lowest BCUT2D eigenvalue weighted by molar-refractivity contribution is -0.155. The summed E-state index contributed by atoms with van der Waals surface area (Å²) in [5.74, 6) is -2.64. The molecule has 6 rings (SSSR count). The van der Waals surface area contributed by atoms with Gasteiger partial charge in [-0.2, -0.15) is 0 Å². The number of rotatable bonds is 8. The smallest absolute Gasteiger partial charge is 0.312 e. The van der Waals surface area contributed by atoms with Crippen LogP contribution < -0.4 is 0 Å². The fraction of sp³-hybridized carbons (Fsp3) is 0.536. The van der Waals surface area contributed by atoms with Crippen LogP contribution in [0.5, 0.6) is 0 Å². The summed E-state index contributed by atoms with van der Waals surface area (Å²) < 4.78 is 13.7. The van der Waals surface area contributed by atoms with Crippen molar-refractivity contribution in [2.45, 2.75) is 56.5 Å². The maximum atomic E-state index is 14.3. The number of unbranched alkanes of at least 4 members (excludes halogenated alkanes) is 3. The molecule has 2 fully saturated rings. The monoisotopic (exact) mass is 535 g/mol. The van der Waals surface area contributed by atoms with Gasteiger partial charge in [0.1, 0.15) is 29.7 Å². The van der Waals surface area contributed by atoms with Crippen LogP contribution >= 0.6 is 0 Å². The Bertz CT molecular complexity index is 1320. The van der Waals surface area contributed by atoms with Gasteiger partial charge in [-0.15, -0.1) is 5.10 Å². The van der Waals surface area contributed by atoms with Gasteiger partial charge in [-0.1, -0.05) is 54.5 Å². The molecule has 1 spiro atoms. The number of likely N-dealkylation sites (tertiary alicyclic amines) is 1. The Morgan fingerprint density at radius 3 is 2.77 bits per heavy atom. The van der Waals surface area contributed by atoms with Gasteiger partial charge in [-0.05, 0) is 31.4 Å². The summed E-state index contributed by atoms with van der Waals surface area (Å²) in [6.45, 7) is 1.19. The van der Waals surface area contributed by atoms with E-state index in [0.717, 1.165) is 23.9 Å². The lowest BCUT2D eigenvalue weighted by atomic mass is 9.78. The van der Waals surface area contributed by atoms with Crippen molar-refractivity contribution in [2.24, 2.45) is 11.8 Å². The Morgan fingerprint density at radius 2 is 1.90 bits per heavy atom. The van der Waals surface area contributed by atoms with Crippen molar-refractivity contribution < 1.29 is 29.0 Å². The number of para-hydroxylation sites is 1. The number of benzene rings is 1. The number of fused-ring (bicyclic) bond motifs is 3. The number of aliphatic hydroxyl groups excluding tert-OH is 1. The molecular weight excluding hydrogens is 502 g/mol. The van der Waals surface area contributed by atoms with Crippen molar-refractivity contribution >= 4 is 28.8 Å². The SMILES string of the molecule is O=C1OCCC=C[C@H]2OC34C=CCN(Cn5nnc6ccccc65)C(=O)[C@H]3N(CCCCCCO)C(=O)[C@@H]4C12. The molecule has 206 valence electrons. The number of hydrogen-bond donors (Lipinski definition) is 1. The van der Waals surface area contributed by atoms with Crippen molar-refractivity contribution in [3.8, 4) is 0 Å². The van der Waals surface area contributed by atoms with Crippen molar-refractivity contribution in [3.05, 3.63) is 48.6 Å². The fourth-order valence-electron chi connectivity index (χ4n) is 6.45. The number of amides is 2. The highest BCUT2D eigenvalue weighted by atomic mass is 16.6. The van der Waals surface area contributed by atoms with Gasteiger partial charge in [0, 0.05) is 19.7 Å². The minimum absolute atomic E-state index is 0.123. The normalized spacial score (nSPS) is 30.1. The lowest BCUT2D eigenvalue weighted by Crippen LogP contribution is -2.55. The molecule has 1 aromatic carbocycles. The van der Waals surface area contributed by atoms with E-state index < -0.39 is 35.6 Å². The van der Waals surface area contributed by atoms with Crippen molar-refractivity contribution in [2.75, 3.05) is 26.3 Å². The van der Waals surface area contributed by atoms with E-state index in [0.29, 0.717) is 32.4 Å². The van der Waals surface area contributed by atoms with Gasteiger partial charge >= 0.3 is 5.97 Å². The summed E-state index contributed by atoms with van der Waals surface area (Å²) in [7, 11) is 0. The van der Waals surface area contributed by atoms with Crippen molar-refractivity contribution in [1.82, 2.24) is 24.8 Å². The number of aliphatic hydroxyl groups is 1. The molecule has 0 aliphatic carbocycles. The fourth-order valence-corrected chi connectivity index (χ4v) is 6.45. The van der Waals surface area contributed by atoms with E-state index in [9.17, 15) is 14.4 Å². The third kappa shape index (κ3) is 4.33. The molecule has 2 saturated heterocycles. The zero-order valence-electron chi connectivity index (χ0n) is 21.7. The number of cyclic esters (lactones) is 1. The van der Waals surface area contributed by atoms with Crippen LogP contribution in [0.15, 0.2) is 48.6 Å². The highest BCUT2D eigenvalue weighted by Gasteiger charge is 2.71. The maximum absolute atomic E-state index is 14.3. The molecule has 0 saturated carbocycles. The third-order valence-corrected chi connectivity index (χ3v) is 8.24. The van der Waals surface area contributed by atoms with Crippen LogP contribution in [0.4, 0.5) is 0 Å². The standard InChI is InChI=1S/C28H33N5O6/c34-16-7-2-1-6-15-32-24-26(36)31(18-33-20-11-4-3-10-19(20)29-30-33)14-9-13-28(24)23(25(32)35)22-21(39-28)12-5-8-17-38-27(22)37/h3-5,9-13,21-24,34H,1-2,6-8,14-18H2/t21-,22?,23+,24-,28?/m1/s1. The third-order valence-electron chi connectivity index (χ3n) is 8.24. The average molecular weight is 536 g/mol. The number of aromatic nitrogens is 3. The number of esters is 1. The Kier molecular flexibility index (Phi) is 6.94. The Hall–Kier alpha value is -3.57. The zero-order valence-corrected chi connectivity index (χ0v) is 21.7. The molecule has 39 heavy (non-hydrogen) atoms. The number of carbonyl (C=O) groups is 3. The van der Waals surface area contributed by atoms with Crippen LogP contribution in [-0.4, -0.2) is 91.7 Å². The Morgan fingerprint density at radius 1 is 1.05 bits per heavy atom. The quantitative estimate of drug-likeness (QED) is 0.306. The molecule has 4 aliphatic heterocycles. The summed E-state index contributed by atoms with van der Waals surface area (Å²) >= 11 is 0. The van der Waals surface area contributed by atoms with E-state index in [1.165, 1.54) is 0 Å². The average Bonchev–Trinajstić information content (AvgIpc) is 3.51. The largest absolute Gasteiger partial charge is 0.465 e. The molecule has 2 aromatic rings. The van der Waals surface area contributed by atoms with Gasteiger partial charge in [0.05, 0.1) is 24.1 Å². The minimum Gasteiger partial charge on any atom is -0.465 e. The summed E-state index contributed by atoms with van der Waals surface area (Å²) in [6, 6.07) is 6.62.